The Morgan fingerprint density at radius 2 is 2.00 bits per heavy atom. The second kappa shape index (κ2) is 4.23. The van der Waals surface area contributed by atoms with Gasteiger partial charge in [0.15, 0.2) is 0 Å². The zero-order valence-electron chi connectivity index (χ0n) is 11.6. The number of thiophene rings is 1. The Morgan fingerprint density at radius 3 is 2.72 bits per heavy atom. The predicted octanol–water partition coefficient (Wildman–Crippen LogP) is 4.30. The zero-order valence-corrected chi connectivity index (χ0v) is 12.4. The van der Waals surface area contributed by atoms with E-state index in [2.05, 4.69) is 43.7 Å². The lowest BCUT2D eigenvalue weighted by atomic mass is 10.0. The van der Waals surface area contributed by atoms with Gasteiger partial charge in [0, 0.05) is 21.4 Å². The molecule has 0 radical (unpaired) electrons. The summed E-state index contributed by atoms with van der Waals surface area (Å²) in [7, 11) is 0. The standard InChI is InChI=1S/C15H20N2S/c1-9(2)17-15-12(8-16-17)6-5-7-13-10(3)18-11(4)14(13)15/h8-9H,5-7H2,1-4H3. The van der Waals surface area contributed by atoms with Crippen molar-refractivity contribution in [2.75, 3.05) is 0 Å². The highest BCUT2D eigenvalue weighted by molar-refractivity contribution is 7.12. The molecule has 0 unspecified atom stereocenters. The number of hydrogen-bond donors (Lipinski definition) is 0. The molecule has 3 rings (SSSR count). The number of rotatable bonds is 1. The minimum absolute atomic E-state index is 0.430. The normalized spacial score (nSPS) is 14.5. The fourth-order valence-electron chi connectivity index (χ4n) is 3.04. The van der Waals surface area contributed by atoms with Crippen LogP contribution >= 0.6 is 11.3 Å². The third kappa shape index (κ3) is 1.64. The summed E-state index contributed by atoms with van der Waals surface area (Å²) in [6, 6.07) is 0.430. The van der Waals surface area contributed by atoms with Crippen molar-refractivity contribution in [1.29, 1.82) is 0 Å². The molecule has 0 saturated heterocycles. The van der Waals surface area contributed by atoms with Gasteiger partial charge >= 0.3 is 0 Å². The van der Waals surface area contributed by atoms with Gasteiger partial charge in [0.25, 0.3) is 0 Å². The second-order valence-electron chi connectivity index (χ2n) is 5.48. The number of aromatic nitrogens is 2. The molecule has 0 atom stereocenters. The summed E-state index contributed by atoms with van der Waals surface area (Å²) in [5.74, 6) is 0. The number of nitrogens with zero attached hydrogens (tertiary/aromatic N) is 2. The van der Waals surface area contributed by atoms with Gasteiger partial charge in [0.1, 0.15) is 0 Å². The maximum absolute atomic E-state index is 4.61. The molecule has 0 amide bonds. The summed E-state index contributed by atoms with van der Waals surface area (Å²) in [6.45, 7) is 8.94. The molecule has 96 valence electrons. The fraction of sp³-hybridized carbons (Fsp3) is 0.533. The van der Waals surface area contributed by atoms with Crippen LogP contribution in [0.5, 0.6) is 0 Å². The maximum atomic E-state index is 4.61. The van der Waals surface area contributed by atoms with E-state index in [-0.39, 0.29) is 0 Å². The summed E-state index contributed by atoms with van der Waals surface area (Å²) in [5, 5.41) is 4.61. The SMILES string of the molecule is Cc1sc(C)c2c1CCCc1cnn(C(C)C)c1-2. The number of aryl methyl sites for hydroxylation is 3. The maximum Gasteiger partial charge on any atom is 0.0731 e. The van der Waals surface area contributed by atoms with Gasteiger partial charge in [-0.3, -0.25) is 4.68 Å². The van der Waals surface area contributed by atoms with Gasteiger partial charge in [-0.25, -0.2) is 0 Å². The Hall–Kier alpha value is -1.09. The van der Waals surface area contributed by atoms with E-state index in [0.29, 0.717) is 6.04 Å². The molecule has 1 aliphatic rings. The lowest BCUT2D eigenvalue weighted by molar-refractivity contribution is 0.538. The van der Waals surface area contributed by atoms with E-state index in [1.165, 1.54) is 45.8 Å². The van der Waals surface area contributed by atoms with Crippen molar-refractivity contribution in [3.63, 3.8) is 0 Å². The van der Waals surface area contributed by atoms with Gasteiger partial charge in [0.05, 0.1) is 11.9 Å². The number of fused-ring (bicyclic) bond motifs is 3. The van der Waals surface area contributed by atoms with Crippen molar-refractivity contribution in [3.8, 4) is 11.3 Å². The summed E-state index contributed by atoms with van der Waals surface area (Å²) in [5.41, 5.74) is 5.87. The minimum atomic E-state index is 0.430. The van der Waals surface area contributed by atoms with Crippen LogP contribution < -0.4 is 0 Å². The average Bonchev–Trinajstić information content (AvgIpc) is 2.75. The van der Waals surface area contributed by atoms with Crippen molar-refractivity contribution in [3.05, 3.63) is 27.1 Å². The van der Waals surface area contributed by atoms with E-state index in [4.69, 9.17) is 0 Å². The highest BCUT2D eigenvalue weighted by atomic mass is 32.1. The van der Waals surface area contributed by atoms with Gasteiger partial charge in [-0.1, -0.05) is 0 Å². The van der Waals surface area contributed by atoms with E-state index in [1.54, 1.807) is 5.56 Å². The predicted molar refractivity (Wildman–Crippen MR) is 77.4 cm³/mol. The second-order valence-corrected chi connectivity index (χ2v) is 6.91. The first kappa shape index (κ1) is 12.0. The van der Waals surface area contributed by atoms with E-state index in [1.807, 2.05) is 11.3 Å². The monoisotopic (exact) mass is 260 g/mol. The van der Waals surface area contributed by atoms with Crippen LogP contribution in [-0.4, -0.2) is 9.78 Å². The Bertz CT molecular complexity index is 590. The molecule has 18 heavy (non-hydrogen) atoms. The molecule has 2 aromatic heterocycles. The molecular weight excluding hydrogens is 240 g/mol. The molecule has 1 aliphatic carbocycles. The molecule has 0 saturated carbocycles. The van der Waals surface area contributed by atoms with E-state index >= 15 is 0 Å². The van der Waals surface area contributed by atoms with Crippen molar-refractivity contribution in [2.45, 2.75) is 53.0 Å². The van der Waals surface area contributed by atoms with Crippen LogP contribution in [0.25, 0.3) is 11.3 Å². The van der Waals surface area contributed by atoms with E-state index in [0.717, 1.165) is 0 Å². The fourth-order valence-corrected chi connectivity index (χ4v) is 4.15. The molecule has 2 aromatic rings. The van der Waals surface area contributed by atoms with Crippen molar-refractivity contribution < 1.29 is 0 Å². The molecule has 0 aliphatic heterocycles. The zero-order chi connectivity index (χ0) is 12.9. The molecule has 0 aromatic carbocycles. The molecule has 3 heteroatoms. The van der Waals surface area contributed by atoms with Crippen LogP contribution in [0, 0.1) is 13.8 Å². The van der Waals surface area contributed by atoms with Crippen LogP contribution in [0.4, 0.5) is 0 Å². The molecular formula is C15H20N2S. The molecule has 0 N–H and O–H groups in total. The first-order valence-corrected chi connectivity index (χ1v) is 7.57. The van der Waals surface area contributed by atoms with Crippen LogP contribution in [0.1, 0.15) is 47.2 Å². The molecule has 2 heterocycles. The lowest BCUT2D eigenvalue weighted by Crippen LogP contribution is -2.05. The third-order valence-corrected chi connectivity index (χ3v) is 4.92. The van der Waals surface area contributed by atoms with E-state index < -0.39 is 0 Å². The van der Waals surface area contributed by atoms with Crippen LogP contribution in [0.15, 0.2) is 6.20 Å². The molecule has 0 fully saturated rings. The number of hydrogen-bond acceptors (Lipinski definition) is 2. The topological polar surface area (TPSA) is 17.8 Å². The summed E-state index contributed by atoms with van der Waals surface area (Å²) in [4.78, 5) is 2.94. The molecule has 0 bridgehead atoms. The van der Waals surface area contributed by atoms with Gasteiger partial charge in [-0.05, 0) is 58.1 Å². The van der Waals surface area contributed by atoms with Gasteiger partial charge in [-0.2, -0.15) is 5.10 Å². The smallest absolute Gasteiger partial charge is 0.0731 e. The first-order valence-electron chi connectivity index (χ1n) is 6.75. The van der Waals surface area contributed by atoms with Crippen LogP contribution in [0.2, 0.25) is 0 Å². The Balaban J connectivity index is 2.31. The van der Waals surface area contributed by atoms with Crippen molar-refractivity contribution in [1.82, 2.24) is 9.78 Å². The highest BCUT2D eigenvalue weighted by Crippen LogP contribution is 2.41. The Kier molecular flexibility index (Phi) is 2.81. The van der Waals surface area contributed by atoms with Gasteiger partial charge in [-0.15, -0.1) is 11.3 Å². The average molecular weight is 260 g/mol. The van der Waals surface area contributed by atoms with Crippen LogP contribution in [0.3, 0.4) is 0 Å². The van der Waals surface area contributed by atoms with Crippen LogP contribution in [-0.2, 0) is 12.8 Å². The third-order valence-electron chi connectivity index (χ3n) is 3.86. The van der Waals surface area contributed by atoms with Gasteiger partial charge in [0.2, 0.25) is 0 Å². The lowest BCUT2D eigenvalue weighted by Gasteiger charge is -2.13. The minimum Gasteiger partial charge on any atom is -0.262 e. The quantitative estimate of drug-likeness (QED) is 0.747. The summed E-state index contributed by atoms with van der Waals surface area (Å²) >= 11 is 1.94. The van der Waals surface area contributed by atoms with Gasteiger partial charge < -0.3 is 0 Å². The largest absolute Gasteiger partial charge is 0.262 e. The highest BCUT2D eigenvalue weighted by Gasteiger charge is 2.24. The molecule has 2 nitrogen and oxygen atoms in total. The summed E-state index contributed by atoms with van der Waals surface area (Å²) < 4.78 is 2.21. The molecule has 0 spiro atoms. The van der Waals surface area contributed by atoms with Crippen molar-refractivity contribution in [2.24, 2.45) is 0 Å². The summed E-state index contributed by atoms with van der Waals surface area (Å²) in [6.07, 6.45) is 5.72. The van der Waals surface area contributed by atoms with Crippen molar-refractivity contribution >= 4 is 11.3 Å². The Morgan fingerprint density at radius 1 is 1.22 bits per heavy atom. The first-order chi connectivity index (χ1) is 8.59. The Labute approximate surface area is 113 Å². The van der Waals surface area contributed by atoms with E-state index in [9.17, 15) is 0 Å².